The molecular formula is C15H22ClN3O2. The van der Waals surface area contributed by atoms with Crippen LogP contribution in [0.1, 0.15) is 25.7 Å². The molecule has 1 amide bonds. The fourth-order valence-electron chi connectivity index (χ4n) is 2.80. The van der Waals surface area contributed by atoms with Crippen LogP contribution in [0.15, 0.2) is 18.2 Å². The molecule has 0 bridgehead atoms. The molecule has 4 N–H and O–H groups in total. The lowest BCUT2D eigenvalue weighted by Gasteiger charge is -2.27. The molecule has 6 heteroatoms. The van der Waals surface area contributed by atoms with Gasteiger partial charge >= 0.3 is 0 Å². The Morgan fingerprint density at radius 1 is 1.43 bits per heavy atom. The van der Waals surface area contributed by atoms with E-state index in [9.17, 15) is 4.79 Å². The number of nitrogens with one attached hydrogen (secondary N) is 1. The Morgan fingerprint density at radius 2 is 2.14 bits per heavy atom. The molecule has 1 saturated carbocycles. The lowest BCUT2D eigenvalue weighted by Crippen LogP contribution is -2.41. The predicted molar refractivity (Wildman–Crippen MR) is 85.4 cm³/mol. The van der Waals surface area contributed by atoms with Gasteiger partial charge in [0.25, 0.3) is 0 Å². The molecule has 0 unspecified atom stereocenters. The number of carbonyl (C=O) groups excluding carboxylic acids is 1. The van der Waals surface area contributed by atoms with Crippen molar-refractivity contribution < 1.29 is 9.90 Å². The van der Waals surface area contributed by atoms with Crippen LogP contribution in [0.25, 0.3) is 0 Å². The van der Waals surface area contributed by atoms with Gasteiger partial charge in [-0.05, 0) is 31.0 Å². The monoisotopic (exact) mass is 311 g/mol. The number of nitrogens with two attached hydrogens (primary N) is 1. The van der Waals surface area contributed by atoms with Gasteiger partial charge in [0.05, 0.1) is 24.5 Å². The average Bonchev–Trinajstić information content (AvgIpc) is 2.96. The number of hydrogen-bond donors (Lipinski definition) is 3. The minimum Gasteiger partial charge on any atom is -0.397 e. The smallest absolute Gasteiger partial charge is 0.238 e. The molecule has 2 rings (SSSR count). The first-order chi connectivity index (χ1) is 10.1. The molecule has 0 aliphatic heterocycles. The first-order valence-electron chi connectivity index (χ1n) is 7.30. The van der Waals surface area contributed by atoms with E-state index in [1.54, 1.807) is 18.2 Å². The van der Waals surface area contributed by atoms with Crippen LogP contribution in [0.3, 0.4) is 0 Å². The number of carbonyl (C=O) groups is 1. The predicted octanol–water partition coefficient (Wildman–Crippen LogP) is 2.10. The number of hydrogen-bond acceptors (Lipinski definition) is 4. The van der Waals surface area contributed by atoms with Gasteiger partial charge in [0, 0.05) is 17.6 Å². The van der Waals surface area contributed by atoms with Gasteiger partial charge in [-0.1, -0.05) is 24.4 Å². The molecular weight excluding hydrogens is 290 g/mol. The highest BCUT2D eigenvalue weighted by Crippen LogP contribution is 2.25. The topological polar surface area (TPSA) is 78.6 Å². The minimum absolute atomic E-state index is 0.0586. The SMILES string of the molecule is Nc1ccc(Cl)cc1NC(=O)CN(CCO)C1CCCC1. The lowest BCUT2D eigenvalue weighted by atomic mass is 10.2. The van der Waals surface area contributed by atoms with Crippen LogP contribution in [0.5, 0.6) is 0 Å². The summed E-state index contributed by atoms with van der Waals surface area (Å²) in [5.41, 5.74) is 6.84. The normalized spacial score (nSPS) is 15.6. The van der Waals surface area contributed by atoms with Gasteiger partial charge in [0.2, 0.25) is 5.91 Å². The maximum Gasteiger partial charge on any atom is 0.238 e. The fourth-order valence-corrected chi connectivity index (χ4v) is 2.97. The largest absolute Gasteiger partial charge is 0.397 e. The Morgan fingerprint density at radius 3 is 2.81 bits per heavy atom. The highest BCUT2D eigenvalue weighted by Gasteiger charge is 2.24. The summed E-state index contributed by atoms with van der Waals surface area (Å²) in [6.45, 7) is 0.837. The zero-order valence-electron chi connectivity index (χ0n) is 12.0. The summed E-state index contributed by atoms with van der Waals surface area (Å²) in [5.74, 6) is -0.135. The highest BCUT2D eigenvalue weighted by atomic mass is 35.5. The van der Waals surface area contributed by atoms with Crippen molar-refractivity contribution in [2.24, 2.45) is 0 Å². The summed E-state index contributed by atoms with van der Waals surface area (Å²) >= 11 is 5.91. The zero-order valence-corrected chi connectivity index (χ0v) is 12.8. The van der Waals surface area contributed by atoms with Crippen molar-refractivity contribution in [3.63, 3.8) is 0 Å². The van der Waals surface area contributed by atoms with Crippen LogP contribution in [-0.4, -0.2) is 41.7 Å². The summed E-state index contributed by atoms with van der Waals surface area (Å²) in [4.78, 5) is 14.2. The number of nitrogens with zero attached hydrogens (tertiary/aromatic N) is 1. The quantitative estimate of drug-likeness (QED) is 0.703. The van der Waals surface area contributed by atoms with Crippen molar-refractivity contribution in [2.45, 2.75) is 31.7 Å². The van der Waals surface area contributed by atoms with Crippen molar-refractivity contribution in [1.29, 1.82) is 0 Å². The van der Waals surface area contributed by atoms with Crippen molar-refractivity contribution in [2.75, 3.05) is 30.7 Å². The summed E-state index contributed by atoms with van der Waals surface area (Å²) in [5, 5.41) is 12.5. The molecule has 0 heterocycles. The lowest BCUT2D eigenvalue weighted by molar-refractivity contribution is -0.118. The standard InChI is InChI=1S/C15H22ClN3O2/c16-11-5-6-13(17)14(9-11)18-15(21)10-19(7-8-20)12-3-1-2-4-12/h5-6,9,12,20H,1-4,7-8,10,17H2,(H,18,21). The molecule has 1 fully saturated rings. The molecule has 1 aromatic carbocycles. The molecule has 1 aliphatic carbocycles. The van der Waals surface area contributed by atoms with Crippen LogP contribution >= 0.6 is 11.6 Å². The van der Waals surface area contributed by atoms with E-state index in [2.05, 4.69) is 5.32 Å². The second-order valence-corrected chi connectivity index (χ2v) is 5.85. The third-order valence-corrected chi connectivity index (χ3v) is 4.10. The van der Waals surface area contributed by atoms with Gasteiger partial charge in [-0.25, -0.2) is 0 Å². The first kappa shape index (κ1) is 16.1. The molecule has 0 saturated heterocycles. The van der Waals surface area contributed by atoms with Crippen molar-refractivity contribution in [3.05, 3.63) is 23.2 Å². The van der Waals surface area contributed by atoms with Gasteiger partial charge < -0.3 is 16.2 Å². The van der Waals surface area contributed by atoms with E-state index < -0.39 is 0 Å². The number of aliphatic hydroxyl groups excluding tert-OH is 1. The Bertz CT molecular complexity index is 490. The minimum atomic E-state index is -0.135. The second kappa shape index (κ2) is 7.64. The Labute approximate surface area is 130 Å². The van der Waals surface area contributed by atoms with E-state index in [1.807, 2.05) is 4.90 Å². The van der Waals surface area contributed by atoms with Gasteiger partial charge in [0.15, 0.2) is 0 Å². The first-order valence-corrected chi connectivity index (χ1v) is 7.67. The number of rotatable bonds is 6. The number of nitrogen functional groups attached to an aromatic ring is 1. The number of anilines is 2. The Hall–Kier alpha value is -1.30. The average molecular weight is 312 g/mol. The molecule has 0 atom stereocenters. The number of amides is 1. The van der Waals surface area contributed by atoms with Gasteiger partial charge in [-0.15, -0.1) is 0 Å². The fraction of sp³-hybridized carbons (Fsp3) is 0.533. The molecule has 116 valence electrons. The van der Waals surface area contributed by atoms with Gasteiger partial charge in [0.1, 0.15) is 0 Å². The summed E-state index contributed by atoms with van der Waals surface area (Å²) in [6.07, 6.45) is 4.56. The molecule has 0 spiro atoms. The Balaban J connectivity index is 1.96. The van der Waals surface area contributed by atoms with Gasteiger partial charge in [-0.2, -0.15) is 0 Å². The van der Waals surface area contributed by atoms with Crippen molar-refractivity contribution in [3.8, 4) is 0 Å². The summed E-state index contributed by atoms with van der Waals surface area (Å²) in [6, 6.07) is 5.38. The van der Waals surface area contributed by atoms with E-state index in [0.717, 1.165) is 12.8 Å². The van der Waals surface area contributed by atoms with E-state index in [0.29, 0.717) is 29.0 Å². The molecule has 0 radical (unpaired) electrons. The number of benzene rings is 1. The Kier molecular flexibility index (Phi) is 5.85. The number of halogens is 1. The van der Waals surface area contributed by atoms with E-state index in [4.69, 9.17) is 22.4 Å². The van der Waals surface area contributed by atoms with E-state index >= 15 is 0 Å². The number of aliphatic hydroxyl groups is 1. The van der Waals surface area contributed by atoms with E-state index in [1.165, 1.54) is 12.8 Å². The summed E-state index contributed by atoms with van der Waals surface area (Å²) in [7, 11) is 0. The zero-order chi connectivity index (χ0) is 15.2. The van der Waals surface area contributed by atoms with Crippen LogP contribution in [0.4, 0.5) is 11.4 Å². The van der Waals surface area contributed by atoms with Crippen molar-refractivity contribution in [1.82, 2.24) is 4.90 Å². The highest BCUT2D eigenvalue weighted by molar-refractivity contribution is 6.31. The molecule has 5 nitrogen and oxygen atoms in total. The second-order valence-electron chi connectivity index (χ2n) is 5.41. The van der Waals surface area contributed by atoms with Crippen LogP contribution in [0, 0.1) is 0 Å². The van der Waals surface area contributed by atoms with Crippen LogP contribution < -0.4 is 11.1 Å². The molecule has 1 aliphatic rings. The maximum absolute atomic E-state index is 12.2. The maximum atomic E-state index is 12.2. The van der Waals surface area contributed by atoms with Gasteiger partial charge in [-0.3, -0.25) is 9.69 Å². The van der Waals surface area contributed by atoms with Crippen LogP contribution in [-0.2, 0) is 4.79 Å². The summed E-state index contributed by atoms with van der Waals surface area (Å²) < 4.78 is 0. The third kappa shape index (κ3) is 4.59. The molecule has 0 aromatic heterocycles. The van der Waals surface area contributed by atoms with Crippen LogP contribution in [0.2, 0.25) is 5.02 Å². The molecule has 21 heavy (non-hydrogen) atoms. The van der Waals surface area contributed by atoms with Crippen molar-refractivity contribution >= 4 is 28.9 Å². The van der Waals surface area contributed by atoms with E-state index in [-0.39, 0.29) is 19.1 Å². The third-order valence-electron chi connectivity index (χ3n) is 3.86. The molecule has 1 aromatic rings.